The zero-order valence-electron chi connectivity index (χ0n) is 33.4. The Morgan fingerprint density at radius 1 is 0.403 bits per heavy atom. The molecule has 0 amide bonds. The van der Waals surface area contributed by atoms with Crippen molar-refractivity contribution in [2.24, 2.45) is 0 Å². The maximum atomic E-state index is 14.8. The second-order valence-electron chi connectivity index (χ2n) is 17.1. The molecule has 0 spiro atoms. The molecule has 0 aliphatic carbocycles. The Morgan fingerprint density at radius 2 is 0.742 bits per heavy atom. The van der Waals surface area contributed by atoms with Gasteiger partial charge in [0.05, 0.1) is 22.1 Å². The number of aryl methyl sites for hydroxylation is 2. The fourth-order valence-electron chi connectivity index (χ4n) is 11.5. The second kappa shape index (κ2) is 11.0. The molecule has 4 heterocycles. The predicted molar refractivity (Wildman–Crippen MR) is 256 cm³/mol. The number of rotatable bonds is 0. The molecule has 62 heavy (non-hydrogen) atoms. The van der Waals surface area contributed by atoms with E-state index in [-0.39, 0.29) is 16.7 Å². The number of benzene rings is 10. The first-order valence-electron chi connectivity index (χ1n) is 20.6. The zero-order chi connectivity index (χ0) is 41.6. The highest BCUT2D eigenvalue weighted by molar-refractivity contribution is 6.45. The van der Waals surface area contributed by atoms with E-state index >= 15 is 0 Å². The van der Waals surface area contributed by atoms with Gasteiger partial charge < -0.3 is 0 Å². The molecule has 6 nitrogen and oxygen atoms in total. The van der Waals surface area contributed by atoms with Crippen molar-refractivity contribution in [1.29, 1.82) is 10.5 Å². The van der Waals surface area contributed by atoms with Crippen LogP contribution in [0.25, 0.3) is 142 Å². The van der Waals surface area contributed by atoms with Gasteiger partial charge in [-0.1, -0.05) is 90.5 Å². The smallest absolute Gasteiger partial charge is 0.263 e. The van der Waals surface area contributed by atoms with Crippen molar-refractivity contribution in [3.8, 4) is 12.1 Å². The van der Waals surface area contributed by atoms with Crippen molar-refractivity contribution in [2.45, 2.75) is 13.8 Å². The van der Waals surface area contributed by atoms with Crippen LogP contribution in [0.3, 0.4) is 0 Å². The van der Waals surface area contributed by atoms with Gasteiger partial charge in [0.1, 0.15) is 17.7 Å². The first kappa shape index (κ1) is 33.3. The highest BCUT2D eigenvalue weighted by Gasteiger charge is 2.24. The van der Waals surface area contributed by atoms with E-state index in [1.54, 1.807) is 4.40 Å². The fourth-order valence-corrected chi connectivity index (χ4v) is 11.5. The lowest BCUT2D eigenvalue weighted by atomic mass is 9.82. The first-order chi connectivity index (χ1) is 30.2. The van der Waals surface area contributed by atoms with Gasteiger partial charge in [0.15, 0.2) is 0 Å². The third kappa shape index (κ3) is 3.72. The summed E-state index contributed by atoms with van der Waals surface area (Å²) in [6.45, 7) is 8.44. The largest absolute Gasteiger partial charge is 0.276 e. The van der Waals surface area contributed by atoms with E-state index in [0.29, 0.717) is 32.4 Å². The quantitative estimate of drug-likeness (QED) is 0.113. The average Bonchev–Trinajstić information content (AvgIpc) is 3.29. The Labute approximate surface area is 349 Å². The first-order valence-corrected chi connectivity index (χ1v) is 20.6. The summed E-state index contributed by atoms with van der Waals surface area (Å²) < 4.78 is 3.60. The number of pyridine rings is 4. The maximum absolute atomic E-state index is 14.8. The van der Waals surface area contributed by atoms with Crippen LogP contribution in [-0.2, 0) is 0 Å². The molecule has 0 N–H and O–H groups in total. The van der Waals surface area contributed by atoms with Gasteiger partial charge in [-0.2, -0.15) is 10.5 Å². The predicted octanol–water partition coefficient (Wildman–Crippen LogP) is 11.1. The molecule has 0 fully saturated rings. The SMILES string of the molecule is C=c1cc2c3ccc4c5ccc6c7ccc8c(=O)n9c%10ccc(C)cc%10c(=C(C#N)C#N)cc9c9ccc(c%10ccc(c%11ccc(c(=O)n2c2ccc(C)cc12)c3c4%11)c5c6%10)c7c89. The molecule has 14 aromatic rings. The Balaban J connectivity index is 1.13. The molecular formula is C56H28N4O2. The van der Waals surface area contributed by atoms with E-state index in [2.05, 4.69) is 105 Å². The van der Waals surface area contributed by atoms with Gasteiger partial charge in [-0.15, -0.1) is 0 Å². The van der Waals surface area contributed by atoms with Gasteiger partial charge >= 0.3 is 0 Å². The van der Waals surface area contributed by atoms with Gasteiger partial charge in [-0.05, 0) is 132 Å². The minimum absolute atomic E-state index is 0.00638. The molecule has 0 unspecified atom stereocenters. The highest BCUT2D eigenvalue weighted by Crippen LogP contribution is 2.49. The summed E-state index contributed by atoms with van der Waals surface area (Å²) in [5.74, 6) is 0. The Morgan fingerprint density at radius 3 is 1.16 bits per heavy atom. The average molecular weight is 789 g/mol. The highest BCUT2D eigenvalue weighted by atomic mass is 16.1. The lowest BCUT2D eigenvalue weighted by molar-refractivity contribution is 1.18. The van der Waals surface area contributed by atoms with Crippen LogP contribution >= 0.6 is 0 Å². The van der Waals surface area contributed by atoms with E-state index in [4.69, 9.17) is 0 Å². The minimum atomic E-state index is -0.145. The normalized spacial score (nSPS) is 12.5. The standard InChI is InChI=1S/C56H28N4O2/c1-26-4-18-45-42(20-26)28(3)22-47-38-14-10-34-30-6-9-33-37-13-17-41-54-39(48-23-43(29(24-57)25-58)44-21-27(2)5-19-46(44)60(48)56(41)62)15-11-35(52(37)54)31-7-8-32(49(30)50(31)33)36-12-16-40(53(38)51(34)36)55(61)59(45)47/h4-23H,3H2,1-2H3. The summed E-state index contributed by atoms with van der Waals surface area (Å²) in [5, 5.41) is 41.4. The molecule has 0 atom stereocenters. The summed E-state index contributed by atoms with van der Waals surface area (Å²) in [4.78, 5) is 29.4. The molecule has 0 saturated carbocycles. The van der Waals surface area contributed by atoms with E-state index in [9.17, 15) is 20.1 Å². The van der Waals surface area contributed by atoms with E-state index in [1.165, 1.54) is 5.39 Å². The third-order valence-electron chi connectivity index (χ3n) is 14.1. The van der Waals surface area contributed by atoms with Gasteiger partial charge in [-0.25, -0.2) is 0 Å². The molecule has 0 radical (unpaired) electrons. The number of hydrogen-bond donors (Lipinski definition) is 0. The molecular weight excluding hydrogens is 761 g/mol. The summed E-state index contributed by atoms with van der Waals surface area (Å²) in [6.07, 6.45) is 0. The Kier molecular flexibility index (Phi) is 5.89. The van der Waals surface area contributed by atoms with Crippen LogP contribution in [0.15, 0.2) is 131 Å². The topological polar surface area (TPSA) is 90.5 Å². The number of hydrogen-bond acceptors (Lipinski definition) is 4. The molecule has 0 aliphatic heterocycles. The zero-order valence-corrected chi connectivity index (χ0v) is 33.4. The summed E-state index contributed by atoms with van der Waals surface area (Å²) in [7, 11) is 0. The summed E-state index contributed by atoms with van der Waals surface area (Å²) in [5.41, 5.74) is 4.94. The molecule has 0 aliphatic rings. The summed E-state index contributed by atoms with van der Waals surface area (Å²) in [6, 6.07) is 45.9. The molecule has 4 aromatic heterocycles. The summed E-state index contributed by atoms with van der Waals surface area (Å²) >= 11 is 0. The van der Waals surface area contributed by atoms with E-state index < -0.39 is 0 Å². The fraction of sp³-hybridized carbons (Fsp3) is 0.0357. The molecule has 14 rings (SSSR count). The molecule has 0 bridgehead atoms. The van der Waals surface area contributed by atoms with E-state index in [1.807, 2.05) is 53.8 Å². The van der Waals surface area contributed by atoms with Crippen LogP contribution < -0.4 is 21.6 Å². The Bertz CT molecular complexity index is 4760. The second-order valence-corrected chi connectivity index (χ2v) is 17.1. The van der Waals surface area contributed by atoms with Gasteiger partial charge in [0, 0.05) is 48.3 Å². The van der Waals surface area contributed by atoms with E-state index in [0.717, 1.165) is 114 Å². The van der Waals surface area contributed by atoms with Crippen molar-refractivity contribution in [2.75, 3.05) is 0 Å². The monoisotopic (exact) mass is 788 g/mol. The van der Waals surface area contributed by atoms with Crippen LogP contribution in [0.5, 0.6) is 0 Å². The van der Waals surface area contributed by atoms with Crippen LogP contribution in [-0.4, -0.2) is 8.80 Å². The maximum Gasteiger partial charge on any atom is 0.263 e. The van der Waals surface area contributed by atoms with Gasteiger partial charge in [0.2, 0.25) is 0 Å². The molecule has 0 saturated heterocycles. The van der Waals surface area contributed by atoms with Crippen LogP contribution in [0.2, 0.25) is 0 Å². The number of nitrogens with zero attached hydrogens (tertiary/aromatic N) is 4. The van der Waals surface area contributed by atoms with Crippen molar-refractivity contribution in [3.63, 3.8) is 0 Å². The van der Waals surface area contributed by atoms with Crippen molar-refractivity contribution < 1.29 is 0 Å². The number of nitriles is 2. The third-order valence-corrected chi connectivity index (χ3v) is 14.1. The van der Waals surface area contributed by atoms with Crippen LogP contribution in [0.1, 0.15) is 11.1 Å². The Hall–Kier alpha value is -8.58. The van der Waals surface area contributed by atoms with Crippen molar-refractivity contribution in [3.05, 3.63) is 164 Å². The lowest BCUT2D eigenvalue weighted by Gasteiger charge is -2.21. The lowest BCUT2D eigenvalue weighted by Crippen LogP contribution is -2.19. The van der Waals surface area contributed by atoms with Crippen LogP contribution in [0, 0.1) is 36.5 Å². The minimum Gasteiger partial charge on any atom is -0.276 e. The molecule has 284 valence electrons. The van der Waals surface area contributed by atoms with Crippen molar-refractivity contribution in [1.82, 2.24) is 8.80 Å². The molecule has 6 heteroatoms. The number of aromatic nitrogens is 2. The van der Waals surface area contributed by atoms with Gasteiger partial charge in [0.25, 0.3) is 11.1 Å². The van der Waals surface area contributed by atoms with Crippen molar-refractivity contribution >= 4 is 142 Å². The molecule has 10 aromatic carbocycles. The van der Waals surface area contributed by atoms with Crippen LogP contribution in [0.4, 0.5) is 0 Å². The number of fused-ring (bicyclic) bond motifs is 12. The van der Waals surface area contributed by atoms with Gasteiger partial charge in [-0.3, -0.25) is 18.4 Å².